The minimum absolute atomic E-state index is 0.266. The Kier molecular flexibility index (Phi) is 6.22. The molecule has 0 aliphatic rings. The Labute approximate surface area is 108 Å². The van der Waals surface area contributed by atoms with Gasteiger partial charge in [0.1, 0.15) is 12.6 Å². The third kappa shape index (κ3) is 4.37. The average molecular weight is 251 g/mol. The van der Waals surface area contributed by atoms with Crippen molar-refractivity contribution in [2.24, 2.45) is 0 Å². The molecule has 1 atom stereocenters. The van der Waals surface area contributed by atoms with Gasteiger partial charge in [0.05, 0.1) is 6.61 Å². The summed E-state index contributed by atoms with van der Waals surface area (Å²) in [6.45, 7) is 4.59. The van der Waals surface area contributed by atoms with Gasteiger partial charge in [0.25, 0.3) is 0 Å². The van der Waals surface area contributed by atoms with E-state index in [9.17, 15) is 4.79 Å². The Bertz CT molecular complexity index is 379. The fourth-order valence-electron chi connectivity index (χ4n) is 1.61. The van der Waals surface area contributed by atoms with E-state index in [1.165, 1.54) is 5.56 Å². The maximum atomic E-state index is 11.7. The van der Waals surface area contributed by atoms with Crippen molar-refractivity contribution in [3.05, 3.63) is 29.8 Å². The molecule has 1 rings (SSSR count). The molecule has 4 heteroatoms. The normalized spacial score (nSPS) is 11.9. The third-order valence-electron chi connectivity index (χ3n) is 2.66. The van der Waals surface area contributed by atoms with E-state index in [-0.39, 0.29) is 18.6 Å². The van der Waals surface area contributed by atoms with Crippen molar-refractivity contribution in [3.63, 3.8) is 0 Å². The molecular formula is C14H21NO3. The van der Waals surface area contributed by atoms with Gasteiger partial charge in [0.2, 0.25) is 0 Å². The zero-order valence-electron chi connectivity index (χ0n) is 11.2. The average Bonchev–Trinajstić information content (AvgIpc) is 2.39. The highest BCUT2D eigenvalue weighted by Crippen LogP contribution is 2.16. The smallest absolute Gasteiger partial charge is 0.328 e. The number of carbonyl (C=O) groups excluding carboxylic acids is 1. The summed E-state index contributed by atoms with van der Waals surface area (Å²) in [5, 5.41) is 3.17. The van der Waals surface area contributed by atoms with E-state index in [1.54, 1.807) is 14.0 Å². The van der Waals surface area contributed by atoms with Gasteiger partial charge >= 0.3 is 5.97 Å². The summed E-state index contributed by atoms with van der Waals surface area (Å²) in [5.74, 6) is -0.266. The third-order valence-corrected chi connectivity index (χ3v) is 2.66. The SMILES string of the molecule is CCc1ccccc1N[C@@H](C)C(=O)OCCOC. The molecule has 1 aromatic rings. The Balaban J connectivity index is 2.52. The van der Waals surface area contributed by atoms with E-state index in [1.807, 2.05) is 24.3 Å². The first-order chi connectivity index (χ1) is 8.69. The first-order valence-corrected chi connectivity index (χ1v) is 6.19. The predicted octanol–water partition coefficient (Wildman–Crippen LogP) is 2.24. The van der Waals surface area contributed by atoms with Crippen LogP contribution in [0.2, 0.25) is 0 Å². The predicted molar refractivity (Wildman–Crippen MR) is 71.7 cm³/mol. The van der Waals surface area contributed by atoms with E-state index in [2.05, 4.69) is 12.2 Å². The molecule has 1 N–H and O–H groups in total. The molecule has 1 aromatic carbocycles. The van der Waals surface area contributed by atoms with Crippen LogP contribution in [0.4, 0.5) is 5.69 Å². The standard InChI is InChI=1S/C14H21NO3/c1-4-12-7-5-6-8-13(12)15-11(2)14(16)18-10-9-17-3/h5-8,11,15H,4,9-10H2,1-3H3/t11-/m0/s1. The lowest BCUT2D eigenvalue weighted by molar-refractivity contribution is -0.145. The molecule has 0 amide bonds. The summed E-state index contributed by atoms with van der Waals surface area (Å²) >= 11 is 0. The van der Waals surface area contributed by atoms with Crippen LogP contribution in [0.15, 0.2) is 24.3 Å². The number of para-hydroxylation sites is 1. The van der Waals surface area contributed by atoms with Crippen molar-refractivity contribution in [2.75, 3.05) is 25.6 Å². The van der Waals surface area contributed by atoms with Crippen LogP contribution in [0.1, 0.15) is 19.4 Å². The highest BCUT2D eigenvalue weighted by molar-refractivity contribution is 5.79. The summed E-state index contributed by atoms with van der Waals surface area (Å²) in [7, 11) is 1.58. The molecular weight excluding hydrogens is 230 g/mol. The molecule has 0 aliphatic heterocycles. The number of esters is 1. The van der Waals surface area contributed by atoms with Gasteiger partial charge in [-0.05, 0) is 25.0 Å². The Morgan fingerprint density at radius 3 is 2.72 bits per heavy atom. The molecule has 0 heterocycles. The van der Waals surface area contributed by atoms with Gasteiger partial charge in [0.15, 0.2) is 0 Å². The maximum absolute atomic E-state index is 11.7. The van der Waals surface area contributed by atoms with Gasteiger partial charge in [-0.25, -0.2) is 4.79 Å². The quantitative estimate of drug-likeness (QED) is 0.596. The zero-order valence-corrected chi connectivity index (χ0v) is 11.2. The summed E-state index contributed by atoms with van der Waals surface area (Å²) in [5.41, 5.74) is 2.17. The lowest BCUT2D eigenvalue weighted by Crippen LogP contribution is -2.29. The molecule has 0 bridgehead atoms. The number of nitrogens with one attached hydrogen (secondary N) is 1. The van der Waals surface area contributed by atoms with Crippen LogP contribution in [0.25, 0.3) is 0 Å². The number of methoxy groups -OCH3 is 1. The van der Waals surface area contributed by atoms with Crippen molar-refractivity contribution >= 4 is 11.7 Å². The number of benzene rings is 1. The summed E-state index contributed by atoms with van der Waals surface area (Å²) < 4.78 is 9.89. The molecule has 0 aliphatic carbocycles. The highest BCUT2D eigenvalue weighted by atomic mass is 16.6. The van der Waals surface area contributed by atoms with E-state index >= 15 is 0 Å². The number of anilines is 1. The number of hydrogen-bond acceptors (Lipinski definition) is 4. The monoisotopic (exact) mass is 251 g/mol. The topological polar surface area (TPSA) is 47.6 Å². The fourth-order valence-corrected chi connectivity index (χ4v) is 1.61. The van der Waals surface area contributed by atoms with Gasteiger partial charge in [-0.2, -0.15) is 0 Å². The minimum atomic E-state index is -0.366. The second-order valence-electron chi connectivity index (χ2n) is 4.04. The Morgan fingerprint density at radius 2 is 2.06 bits per heavy atom. The van der Waals surface area contributed by atoms with Crippen molar-refractivity contribution in [1.82, 2.24) is 0 Å². The van der Waals surface area contributed by atoms with Crippen LogP contribution in [-0.4, -0.2) is 32.3 Å². The lowest BCUT2D eigenvalue weighted by atomic mass is 10.1. The van der Waals surface area contributed by atoms with E-state index in [4.69, 9.17) is 9.47 Å². The number of carbonyl (C=O) groups is 1. The molecule has 0 aromatic heterocycles. The molecule has 0 fully saturated rings. The molecule has 0 saturated heterocycles. The molecule has 100 valence electrons. The van der Waals surface area contributed by atoms with Crippen molar-refractivity contribution in [1.29, 1.82) is 0 Å². The van der Waals surface area contributed by atoms with Gasteiger partial charge < -0.3 is 14.8 Å². The number of aryl methyl sites for hydroxylation is 1. The number of ether oxygens (including phenoxy) is 2. The van der Waals surface area contributed by atoms with E-state index < -0.39 is 0 Å². The molecule has 18 heavy (non-hydrogen) atoms. The Morgan fingerprint density at radius 1 is 1.33 bits per heavy atom. The summed E-state index contributed by atoms with van der Waals surface area (Å²) in [6, 6.07) is 7.59. The zero-order chi connectivity index (χ0) is 13.4. The van der Waals surface area contributed by atoms with Crippen molar-refractivity contribution in [2.45, 2.75) is 26.3 Å². The molecule has 0 saturated carbocycles. The van der Waals surface area contributed by atoms with Crippen molar-refractivity contribution < 1.29 is 14.3 Å². The molecule has 0 spiro atoms. The summed E-state index contributed by atoms with van der Waals surface area (Å²) in [6.07, 6.45) is 0.925. The number of hydrogen-bond donors (Lipinski definition) is 1. The highest BCUT2D eigenvalue weighted by Gasteiger charge is 2.14. The lowest BCUT2D eigenvalue weighted by Gasteiger charge is -2.16. The van der Waals surface area contributed by atoms with Crippen LogP contribution in [-0.2, 0) is 20.7 Å². The summed E-state index contributed by atoms with van der Waals surface area (Å²) in [4.78, 5) is 11.7. The van der Waals surface area contributed by atoms with Crippen LogP contribution >= 0.6 is 0 Å². The van der Waals surface area contributed by atoms with Gasteiger partial charge in [-0.1, -0.05) is 25.1 Å². The minimum Gasteiger partial charge on any atom is -0.462 e. The van der Waals surface area contributed by atoms with Gasteiger partial charge in [-0.15, -0.1) is 0 Å². The van der Waals surface area contributed by atoms with E-state index in [0.717, 1.165) is 12.1 Å². The van der Waals surface area contributed by atoms with Crippen LogP contribution in [0.5, 0.6) is 0 Å². The molecule has 4 nitrogen and oxygen atoms in total. The molecule has 0 unspecified atom stereocenters. The van der Waals surface area contributed by atoms with Crippen LogP contribution < -0.4 is 5.32 Å². The van der Waals surface area contributed by atoms with Crippen LogP contribution in [0, 0.1) is 0 Å². The maximum Gasteiger partial charge on any atom is 0.328 e. The second kappa shape index (κ2) is 7.71. The first-order valence-electron chi connectivity index (χ1n) is 6.19. The number of rotatable bonds is 7. The van der Waals surface area contributed by atoms with Crippen LogP contribution in [0.3, 0.4) is 0 Å². The van der Waals surface area contributed by atoms with Crippen molar-refractivity contribution in [3.8, 4) is 0 Å². The van der Waals surface area contributed by atoms with Gasteiger partial charge in [-0.3, -0.25) is 0 Å². The molecule has 0 radical (unpaired) electrons. The first kappa shape index (κ1) is 14.5. The van der Waals surface area contributed by atoms with E-state index in [0.29, 0.717) is 6.61 Å². The Hall–Kier alpha value is -1.55. The fraction of sp³-hybridized carbons (Fsp3) is 0.500. The largest absolute Gasteiger partial charge is 0.462 e. The second-order valence-corrected chi connectivity index (χ2v) is 4.04. The van der Waals surface area contributed by atoms with Gasteiger partial charge in [0, 0.05) is 12.8 Å².